The number of nitrogens with one attached hydrogen (secondary N) is 1. The second-order valence-corrected chi connectivity index (χ2v) is 5.22. The predicted molar refractivity (Wildman–Crippen MR) is 54.7 cm³/mol. The summed E-state index contributed by atoms with van der Waals surface area (Å²) in [6.07, 6.45) is 0.798. The molecule has 1 atom stereocenters. The van der Waals surface area contributed by atoms with E-state index in [9.17, 15) is 9.11 Å². The van der Waals surface area contributed by atoms with E-state index in [1.54, 1.807) is 0 Å². The SMILES string of the molecule is OS1(O)CCC(c2ccccc2)N1. The number of benzene rings is 1. The van der Waals surface area contributed by atoms with Crippen LogP contribution in [0.1, 0.15) is 18.0 Å². The molecule has 1 fully saturated rings. The van der Waals surface area contributed by atoms with Gasteiger partial charge in [-0.2, -0.15) is 0 Å². The molecule has 1 aliphatic rings. The molecule has 2 rings (SSSR count). The van der Waals surface area contributed by atoms with E-state index in [1.807, 2.05) is 30.3 Å². The van der Waals surface area contributed by atoms with Gasteiger partial charge >= 0.3 is 0 Å². The molecule has 3 N–H and O–H groups in total. The zero-order valence-corrected chi connectivity index (χ0v) is 8.00. The van der Waals surface area contributed by atoms with Crippen molar-refractivity contribution in [3.63, 3.8) is 0 Å². The van der Waals surface area contributed by atoms with Crippen LogP contribution in [0.2, 0.25) is 0 Å². The molecule has 0 radical (unpaired) electrons. The third-order valence-corrected chi connectivity index (χ3v) is 3.69. The van der Waals surface area contributed by atoms with Gasteiger partial charge in [0.25, 0.3) is 0 Å². The summed E-state index contributed by atoms with van der Waals surface area (Å²) in [5.74, 6) is 0.465. The minimum Gasteiger partial charge on any atom is -0.286 e. The van der Waals surface area contributed by atoms with E-state index in [0.29, 0.717) is 5.75 Å². The molecule has 4 heteroatoms. The Labute approximate surface area is 79.3 Å². The van der Waals surface area contributed by atoms with Crippen molar-refractivity contribution < 1.29 is 9.11 Å². The fourth-order valence-corrected chi connectivity index (χ4v) is 2.94. The average Bonchev–Trinajstić information content (AvgIpc) is 2.48. The van der Waals surface area contributed by atoms with Gasteiger partial charge < -0.3 is 0 Å². The largest absolute Gasteiger partial charge is 0.286 e. The molecule has 1 aromatic carbocycles. The quantitative estimate of drug-likeness (QED) is 0.651. The maximum atomic E-state index is 9.35. The van der Waals surface area contributed by atoms with E-state index in [2.05, 4.69) is 4.72 Å². The van der Waals surface area contributed by atoms with Gasteiger partial charge in [-0.1, -0.05) is 30.3 Å². The van der Waals surface area contributed by atoms with Crippen molar-refractivity contribution in [3.8, 4) is 0 Å². The first-order valence-corrected chi connectivity index (χ1v) is 5.97. The lowest BCUT2D eigenvalue weighted by atomic mass is 10.1. The highest BCUT2D eigenvalue weighted by atomic mass is 32.3. The van der Waals surface area contributed by atoms with Crippen molar-refractivity contribution in [1.82, 2.24) is 4.72 Å². The van der Waals surface area contributed by atoms with Crippen LogP contribution in [0, 0.1) is 0 Å². The molecule has 72 valence electrons. The van der Waals surface area contributed by atoms with E-state index in [1.165, 1.54) is 0 Å². The van der Waals surface area contributed by atoms with Gasteiger partial charge in [-0.05, 0) is 12.0 Å². The van der Waals surface area contributed by atoms with Gasteiger partial charge in [0.15, 0.2) is 0 Å². The molecule has 3 nitrogen and oxygen atoms in total. The van der Waals surface area contributed by atoms with Gasteiger partial charge in [0, 0.05) is 0 Å². The van der Waals surface area contributed by atoms with Crippen LogP contribution in [0.3, 0.4) is 0 Å². The number of hydrogen-bond donors (Lipinski definition) is 3. The first-order valence-electron chi connectivity index (χ1n) is 4.25. The molecular formula is C9H13NO2S. The zero-order chi connectivity index (χ0) is 9.31. The summed E-state index contributed by atoms with van der Waals surface area (Å²) in [5, 5.41) is 0. The van der Waals surface area contributed by atoms with Crippen molar-refractivity contribution >= 4 is 10.8 Å². The first-order chi connectivity index (χ1) is 6.17. The lowest BCUT2D eigenvalue weighted by Crippen LogP contribution is -2.16. The van der Waals surface area contributed by atoms with Crippen LogP contribution in [-0.2, 0) is 0 Å². The highest BCUT2D eigenvalue weighted by Crippen LogP contribution is 2.45. The smallest absolute Gasteiger partial charge is 0.0547 e. The van der Waals surface area contributed by atoms with E-state index >= 15 is 0 Å². The summed E-state index contributed by atoms with van der Waals surface area (Å²) < 4.78 is 21.5. The van der Waals surface area contributed by atoms with Gasteiger partial charge in [0.2, 0.25) is 0 Å². The molecule has 0 aromatic heterocycles. The van der Waals surface area contributed by atoms with Gasteiger partial charge in [0.1, 0.15) is 0 Å². The summed E-state index contributed by atoms with van der Waals surface area (Å²) in [6.45, 7) is 0. The second-order valence-electron chi connectivity index (χ2n) is 3.24. The lowest BCUT2D eigenvalue weighted by molar-refractivity contribution is 0.478. The summed E-state index contributed by atoms with van der Waals surface area (Å²) in [7, 11) is -2.49. The Kier molecular flexibility index (Phi) is 2.29. The summed E-state index contributed by atoms with van der Waals surface area (Å²) in [4.78, 5) is 0. The fraction of sp³-hybridized carbons (Fsp3) is 0.333. The first kappa shape index (κ1) is 9.02. The third-order valence-electron chi connectivity index (χ3n) is 2.22. The predicted octanol–water partition coefficient (Wildman–Crippen LogP) is 2.39. The molecule has 1 saturated heterocycles. The summed E-state index contributed by atoms with van der Waals surface area (Å²) in [5.41, 5.74) is 1.12. The van der Waals surface area contributed by atoms with E-state index in [4.69, 9.17) is 0 Å². The van der Waals surface area contributed by atoms with Gasteiger partial charge in [0.05, 0.1) is 11.8 Å². The molecule has 1 heterocycles. The van der Waals surface area contributed by atoms with Crippen LogP contribution < -0.4 is 4.72 Å². The van der Waals surface area contributed by atoms with Crippen LogP contribution in [0.25, 0.3) is 0 Å². The van der Waals surface area contributed by atoms with Crippen molar-refractivity contribution in [1.29, 1.82) is 0 Å². The Morgan fingerprint density at radius 3 is 2.46 bits per heavy atom. The van der Waals surface area contributed by atoms with Gasteiger partial charge in [-0.25, -0.2) is 4.72 Å². The van der Waals surface area contributed by atoms with Crippen molar-refractivity contribution in [2.24, 2.45) is 0 Å². The third kappa shape index (κ3) is 2.03. The molecule has 0 bridgehead atoms. The van der Waals surface area contributed by atoms with Gasteiger partial charge in [-0.3, -0.25) is 9.11 Å². The van der Waals surface area contributed by atoms with Crippen LogP contribution in [0.5, 0.6) is 0 Å². The second kappa shape index (κ2) is 3.31. The minimum absolute atomic E-state index is 0.103. The molecule has 1 unspecified atom stereocenters. The van der Waals surface area contributed by atoms with Crippen molar-refractivity contribution in [2.75, 3.05) is 5.75 Å². The van der Waals surface area contributed by atoms with E-state index in [-0.39, 0.29) is 6.04 Å². The standard InChI is InChI=1S/C9H13NO2S/c11-13(12)7-6-9(10-13)8-4-2-1-3-5-8/h1-5,9-12H,6-7H2. The lowest BCUT2D eigenvalue weighted by Gasteiger charge is -2.27. The molecule has 0 amide bonds. The summed E-state index contributed by atoms with van der Waals surface area (Å²) in [6, 6.07) is 9.97. The van der Waals surface area contributed by atoms with Gasteiger partial charge in [-0.15, -0.1) is 10.8 Å². The molecule has 0 saturated carbocycles. The Morgan fingerprint density at radius 1 is 1.23 bits per heavy atom. The average molecular weight is 199 g/mol. The highest BCUT2D eigenvalue weighted by molar-refractivity contribution is 8.22. The van der Waals surface area contributed by atoms with Crippen molar-refractivity contribution in [3.05, 3.63) is 35.9 Å². The van der Waals surface area contributed by atoms with E-state index in [0.717, 1.165) is 12.0 Å². The summed E-state index contributed by atoms with van der Waals surface area (Å²) >= 11 is 0. The molecular weight excluding hydrogens is 186 g/mol. The number of hydrogen-bond acceptors (Lipinski definition) is 3. The van der Waals surface area contributed by atoms with Crippen LogP contribution >= 0.6 is 10.8 Å². The minimum atomic E-state index is -2.49. The Hall–Kier alpha value is -0.550. The fourth-order valence-electron chi connectivity index (χ4n) is 1.55. The highest BCUT2D eigenvalue weighted by Gasteiger charge is 2.27. The van der Waals surface area contributed by atoms with Crippen LogP contribution in [0.15, 0.2) is 30.3 Å². The normalized spacial score (nSPS) is 28.6. The molecule has 1 aliphatic heterocycles. The van der Waals surface area contributed by atoms with Crippen LogP contribution in [-0.4, -0.2) is 14.9 Å². The molecule has 13 heavy (non-hydrogen) atoms. The van der Waals surface area contributed by atoms with Crippen molar-refractivity contribution in [2.45, 2.75) is 12.5 Å². The van der Waals surface area contributed by atoms with Crippen LogP contribution in [0.4, 0.5) is 0 Å². The molecule has 0 spiro atoms. The van der Waals surface area contributed by atoms with E-state index < -0.39 is 10.8 Å². The topological polar surface area (TPSA) is 52.5 Å². The maximum absolute atomic E-state index is 9.35. The maximum Gasteiger partial charge on any atom is 0.0547 e. The Morgan fingerprint density at radius 2 is 1.92 bits per heavy atom. The number of rotatable bonds is 1. The monoisotopic (exact) mass is 199 g/mol. The molecule has 1 aromatic rings. The Bertz CT molecular complexity index is 289. The zero-order valence-electron chi connectivity index (χ0n) is 7.18. The Balaban J connectivity index is 2.13. The molecule has 0 aliphatic carbocycles.